The molecule has 0 aliphatic heterocycles. The summed E-state index contributed by atoms with van der Waals surface area (Å²) < 4.78 is 10.3. The molecule has 1 aromatic carbocycles. The lowest BCUT2D eigenvalue weighted by Gasteiger charge is -2.22. The SMILES string of the molecule is CC(C)(C)OC(=O)CC[C@H](NC(=O)OCc1ccccc1)C(=O)N[C@@H](CC(N)=O)C(=O)O. The maximum Gasteiger partial charge on any atom is 0.408 e. The molecule has 0 fully saturated rings. The Hall–Kier alpha value is -3.63. The summed E-state index contributed by atoms with van der Waals surface area (Å²) in [6.07, 6.45) is -2.01. The number of hydrogen-bond acceptors (Lipinski definition) is 7. The van der Waals surface area contributed by atoms with Gasteiger partial charge in [0.05, 0.1) is 6.42 Å². The molecule has 0 aliphatic carbocycles. The maximum absolute atomic E-state index is 12.6. The fraction of sp³-hybridized carbons (Fsp3) is 0.476. The van der Waals surface area contributed by atoms with Crippen molar-refractivity contribution in [2.45, 2.75) is 64.3 Å². The van der Waals surface area contributed by atoms with Gasteiger partial charge in [0.25, 0.3) is 0 Å². The Kier molecular flexibility index (Phi) is 10.1. The third-order valence-corrected chi connectivity index (χ3v) is 3.90. The van der Waals surface area contributed by atoms with E-state index >= 15 is 0 Å². The number of benzene rings is 1. The number of carbonyl (C=O) groups is 5. The summed E-state index contributed by atoms with van der Waals surface area (Å²) in [4.78, 5) is 59.1. The van der Waals surface area contributed by atoms with Crippen LogP contribution in [0.5, 0.6) is 0 Å². The molecule has 0 saturated carbocycles. The first kappa shape index (κ1) is 26.4. The van der Waals surface area contributed by atoms with E-state index in [1.54, 1.807) is 51.1 Å². The summed E-state index contributed by atoms with van der Waals surface area (Å²) in [5, 5.41) is 13.6. The molecule has 0 aliphatic rings. The molecule has 0 unspecified atom stereocenters. The summed E-state index contributed by atoms with van der Waals surface area (Å²) >= 11 is 0. The third-order valence-electron chi connectivity index (χ3n) is 3.90. The second-order valence-corrected chi connectivity index (χ2v) is 7.95. The molecular weight excluding hydrogens is 422 g/mol. The zero-order valence-electron chi connectivity index (χ0n) is 18.3. The minimum Gasteiger partial charge on any atom is -0.480 e. The lowest BCUT2D eigenvalue weighted by molar-refractivity contribution is -0.155. The van der Waals surface area contributed by atoms with Crippen LogP contribution in [-0.4, -0.2) is 52.6 Å². The highest BCUT2D eigenvalue weighted by Crippen LogP contribution is 2.11. The predicted octanol–water partition coefficient (Wildman–Crippen LogP) is 0.848. The summed E-state index contributed by atoms with van der Waals surface area (Å²) in [6.45, 7) is 4.97. The number of aliphatic carboxylic acids is 1. The fourth-order valence-corrected chi connectivity index (χ4v) is 2.50. The summed E-state index contributed by atoms with van der Waals surface area (Å²) in [5.74, 6) is -3.94. The molecule has 0 saturated heterocycles. The molecular formula is C21H29N3O8. The van der Waals surface area contributed by atoms with E-state index in [2.05, 4.69) is 10.6 Å². The normalized spacial score (nSPS) is 12.7. The number of nitrogens with two attached hydrogens (primary N) is 1. The molecule has 0 spiro atoms. The van der Waals surface area contributed by atoms with Gasteiger partial charge in [-0.1, -0.05) is 30.3 Å². The van der Waals surface area contributed by atoms with Crippen LogP contribution in [0.25, 0.3) is 0 Å². The van der Waals surface area contributed by atoms with Gasteiger partial charge >= 0.3 is 18.0 Å². The van der Waals surface area contributed by atoms with E-state index in [0.717, 1.165) is 0 Å². The van der Waals surface area contributed by atoms with Gasteiger partial charge in [0.1, 0.15) is 24.3 Å². The van der Waals surface area contributed by atoms with E-state index in [4.69, 9.17) is 15.2 Å². The van der Waals surface area contributed by atoms with Gasteiger partial charge in [0, 0.05) is 6.42 Å². The van der Waals surface area contributed by atoms with Crippen LogP contribution in [0.2, 0.25) is 0 Å². The van der Waals surface area contributed by atoms with E-state index in [9.17, 15) is 29.1 Å². The Bertz CT molecular complexity index is 820. The first-order chi connectivity index (χ1) is 14.9. The largest absolute Gasteiger partial charge is 0.480 e. The lowest BCUT2D eigenvalue weighted by atomic mass is 10.1. The van der Waals surface area contributed by atoms with E-state index in [-0.39, 0.29) is 19.4 Å². The monoisotopic (exact) mass is 451 g/mol. The average Bonchev–Trinajstić information content (AvgIpc) is 2.68. The average molecular weight is 451 g/mol. The Labute approximate surface area is 185 Å². The molecule has 0 bridgehead atoms. The molecule has 11 heteroatoms. The first-order valence-electron chi connectivity index (χ1n) is 9.88. The van der Waals surface area contributed by atoms with Gasteiger partial charge in [-0.3, -0.25) is 14.4 Å². The summed E-state index contributed by atoms with van der Waals surface area (Å²) in [7, 11) is 0. The quantitative estimate of drug-likeness (QED) is 0.358. The number of ether oxygens (including phenoxy) is 2. The standard InChI is InChI=1S/C21H29N3O8/c1-21(2,3)32-17(26)10-9-14(18(27)23-15(19(28)29)11-16(22)25)24-20(30)31-12-13-7-5-4-6-8-13/h4-8,14-15H,9-12H2,1-3H3,(H2,22,25)(H,23,27)(H,24,30)(H,28,29)/t14-,15-/m0/s1. The lowest BCUT2D eigenvalue weighted by Crippen LogP contribution is -2.52. The van der Waals surface area contributed by atoms with Crippen molar-refractivity contribution >= 4 is 29.8 Å². The number of rotatable bonds is 11. The van der Waals surface area contributed by atoms with Gasteiger partial charge in [-0.2, -0.15) is 0 Å². The smallest absolute Gasteiger partial charge is 0.408 e. The van der Waals surface area contributed by atoms with Crippen molar-refractivity contribution in [1.82, 2.24) is 10.6 Å². The molecule has 5 N–H and O–H groups in total. The highest BCUT2D eigenvalue weighted by Gasteiger charge is 2.29. The second-order valence-electron chi connectivity index (χ2n) is 7.95. The van der Waals surface area contributed by atoms with Gasteiger partial charge in [-0.05, 0) is 32.8 Å². The maximum atomic E-state index is 12.6. The van der Waals surface area contributed by atoms with Crippen LogP contribution in [0.4, 0.5) is 4.79 Å². The molecule has 1 aromatic rings. The van der Waals surface area contributed by atoms with Crippen LogP contribution >= 0.6 is 0 Å². The van der Waals surface area contributed by atoms with Crippen molar-refractivity contribution in [2.24, 2.45) is 5.73 Å². The molecule has 0 radical (unpaired) electrons. The van der Waals surface area contributed by atoms with Gasteiger partial charge in [-0.25, -0.2) is 9.59 Å². The van der Waals surface area contributed by atoms with Crippen molar-refractivity contribution < 1.29 is 38.6 Å². The van der Waals surface area contributed by atoms with Crippen molar-refractivity contribution in [3.05, 3.63) is 35.9 Å². The molecule has 0 aromatic heterocycles. The molecule has 11 nitrogen and oxygen atoms in total. The number of primary amides is 1. The fourth-order valence-electron chi connectivity index (χ4n) is 2.50. The molecule has 176 valence electrons. The van der Waals surface area contributed by atoms with E-state index < -0.39 is 54.0 Å². The molecule has 3 amide bonds. The van der Waals surface area contributed by atoms with Crippen molar-refractivity contribution in [1.29, 1.82) is 0 Å². The Morgan fingerprint density at radius 1 is 1.03 bits per heavy atom. The van der Waals surface area contributed by atoms with Crippen LogP contribution < -0.4 is 16.4 Å². The Morgan fingerprint density at radius 3 is 2.19 bits per heavy atom. The molecule has 32 heavy (non-hydrogen) atoms. The van der Waals surface area contributed by atoms with Crippen LogP contribution in [-0.2, 0) is 35.3 Å². The minimum atomic E-state index is -1.59. The van der Waals surface area contributed by atoms with Gasteiger partial charge in [-0.15, -0.1) is 0 Å². The van der Waals surface area contributed by atoms with E-state index in [0.29, 0.717) is 5.56 Å². The summed E-state index contributed by atoms with van der Waals surface area (Å²) in [5.41, 5.74) is 4.98. The number of carboxylic acid groups (broad SMARTS) is 1. The van der Waals surface area contributed by atoms with Crippen LogP contribution in [0.3, 0.4) is 0 Å². The van der Waals surface area contributed by atoms with Crippen LogP contribution in [0.15, 0.2) is 30.3 Å². The Balaban J connectivity index is 2.82. The highest BCUT2D eigenvalue weighted by atomic mass is 16.6. The number of carboxylic acids is 1. The first-order valence-corrected chi connectivity index (χ1v) is 9.88. The molecule has 0 heterocycles. The van der Waals surface area contributed by atoms with Gasteiger partial charge < -0.3 is 30.9 Å². The number of amides is 3. The predicted molar refractivity (Wildman–Crippen MR) is 112 cm³/mol. The number of nitrogens with one attached hydrogen (secondary N) is 2. The van der Waals surface area contributed by atoms with E-state index in [1.165, 1.54) is 0 Å². The number of alkyl carbamates (subject to hydrolysis) is 1. The summed E-state index contributed by atoms with van der Waals surface area (Å²) in [6, 6.07) is 5.89. The van der Waals surface area contributed by atoms with Gasteiger partial charge in [0.2, 0.25) is 11.8 Å². The van der Waals surface area contributed by atoms with Crippen molar-refractivity contribution in [3.63, 3.8) is 0 Å². The van der Waals surface area contributed by atoms with Crippen LogP contribution in [0, 0.1) is 0 Å². The third kappa shape index (κ3) is 11.0. The topological polar surface area (TPSA) is 174 Å². The number of esters is 1. The number of hydrogen-bond donors (Lipinski definition) is 4. The zero-order chi connectivity index (χ0) is 24.3. The van der Waals surface area contributed by atoms with Gasteiger partial charge in [0.15, 0.2) is 0 Å². The Morgan fingerprint density at radius 2 is 1.66 bits per heavy atom. The van der Waals surface area contributed by atoms with Crippen LogP contribution in [0.1, 0.15) is 45.6 Å². The number of carbonyl (C=O) groups excluding carboxylic acids is 4. The molecule has 1 rings (SSSR count). The van der Waals surface area contributed by atoms with Crippen molar-refractivity contribution in [2.75, 3.05) is 0 Å². The van der Waals surface area contributed by atoms with Crippen molar-refractivity contribution in [3.8, 4) is 0 Å². The molecule has 2 atom stereocenters. The van der Waals surface area contributed by atoms with E-state index in [1.807, 2.05) is 0 Å². The highest BCUT2D eigenvalue weighted by molar-refractivity contribution is 5.91. The minimum absolute atomic E-state index is 0.0630. The zero-order valence-corrected chi connectivity index (χ0v) is 18.3. The second kappa shape index (κ2) is 12.3.